The largest absolute Gasteiger partial charge is 0.330 e. The second kappa shape index (κ2) is 6.03. The van der Waals surface area contributed by atoms with Crippen LogP contribution in [0.25, 0.3) is 0 Å². The molecule has 2 N–H and O–H groups in total. The molecule has 0 atom stereocenters. The van der Waals surface area contributed by atoms with Crippen molar-refractivity contribution in [3.63, 3.8) is 0 Å². The summed E-state index contributed by atoms with van der Waals surface area (Å²) >= 11 is 0. The van der Waals surface area contributed by atoms with Crippen molar-refractivity contribution in [2.75, 3.05) is 6.54 Å². The molecule has 0 fully saturated rings. The first-order valence-electron chi connectivity index (χ1n) is 4.71. The van der Waals surface area contributed by atoms with E-state index in [0.29, 0.717) is 6.54 Å². The van der Waals surface area contributed by atoms with E-state index in [2.05, 4.69) is 0 Å². The van der Waals surface area contributed by atoms with E-state index >= 15 is 0 Å². The van der Waals surface area contributed by atoms with Crippen molar-refractivity contribution in [3.05, 3.63) is 35.4 Å². The molecule has 1 aromatic carbocycles. The Morgan fingerprint density at radius 3 is 2.53 bits per heavy atom. The standard InChI is InChI=1S/C11H15F2N.ClH/c1-11(12,13)10-6-2-4-9(8-10)5-3-7-14;/h2,4,6,8H,3,5,7,14H2,1H3;1H. The van der Waals surface area contributed by atoms with Gasteiger partial charge in [-0.3, -0.25) is 0 Å². The van der Waals surface area contributed by atoms with Gasteiger partial charge in [0.05, 0.1) is 0 Å². The van der Waals surface area contributed by atoms with Crippen LogP contribution in [0.15, 0.2) is 24.3 Å². The molecule has 0 unspecified atom stereocenters. The molecule has 0 aliphatic carbocycles. The lowest BCUT2D eigenvalue weighted by Gasteiger charge is -2.11. The third-order valence-electron chi connectivity index (χ3n) is 2.10. The summed E-state index contributed by atoms with van der Waals surface area (Å²) in [6.07, 6.45) is 1.60. The maximum atomic E-state index is 12.9. The molecule has 0 saturated heterocycles. The fourth-order valence-corrected chi connectivity index (χ4v) is 1.31. The first-order chi connectivity index (χ1) is 6.54. The zero-order chi connectivity index (χ0) is 10.6. The Labute approximate surface area is 95.1 Å². The summed E-state index contributed by atoms with van der Waals surface area (Å²) in [4.78, 5) is 0. The third-order valence-corrected chi connectivity index (χ3v) is 2.10. The molecule has 4 heteroatoms. The lowest BCUT2D eigenvalue weighted by Crippen LogP contribution is -2.07. The number of hydrogen-bond acceptors (Lipinski definition) is 1. The average molecular weight is 236 g/mol. The summed E-state index contributed by atoms with van der Waals surface area (Å²) in [6.45, 7) is 1.50. The third kappa shape index (κ3) is 4.58. The summed E-state index contributed by atoms with van der Waals surface area (Å²) < 4.78 is 25.9. The highest BCUT2D eigenvalue weighted by Crippen LogP contribution is 2.27. The minimum Gasteiger partial charge on any atom is -0.330 e. The molecule has 0 heterocycles. The molecule has 1 nitrogen and oxygen atoms in total. The monoisotopic (exact) mass is 235 g/mol. The minimum absolute atomic E-state index is 0. The average Bonchev–Trinajstić information content (AvgIpc) is 2.14. The summed E-state index contributed by atoms with van der Waals surface area (Å²) in [7, 11) is 0. The van der Waals surface area contributed by atoms with E-state index in [4.69, 9.17) is 5.73 Å². The predicted octanol–water partition coefficient (Wildman–Crippen LogP) is 3.11. The van der Waals surface area contributed by atoms with E-state index in [0.717, 1.165) is 25.3 Å². The number of rotatable bonds is 4. The predicted molar refractivity (Wildman–Crippen MR) is 60.6 cm³/mol. The van der Waals surface area contributed by atoms with Crippen LogP contribution in [0.2, 0.25) is 0 Å². The summed E-state index contributed by atoms with van der Waals surface area (Å²) in [5.41, 5.74) is 6.35. The van der Waals surface area contributed by atoms with E-state index < -0.39 is 5.92 Å². The van der Waals surface area contributed by atoms with E-state index in [9.17, 15) is 8.78 Å². The lowest BCUT2D eigenvalue weighted by atomic mass is 10.0. The second-order valence-electron chi connectivity index (χ2n) is 3.48. The number of hydrogen-bond donors (Lipinski definition) is 1. The molecule has 0 bridgehead atoms. The van der Waals surface area contributed by atoms with Crippen molar-refractivity contribution in [2.24, 2.45) is 5.73 Å². The van der Waals surface area contributed by atoms with Gasteiger partial charge in [-0.2, -0.15) is 0 Å². The number of alkyl halides is 2. The zero-order valence-corrected chi connectivity index (χ0v) is 9.49. The Hall–Kier alpha value is -0.670. The van der Waals surface area contributed by atoms with Crippen molar-refractivity contribution in [1.82, 2.24) is 0 Å². The van der Waals surface area contributed by atoms with Gasteiger partial charge in [-0.25, -0.2) is 8.78 Å². The van der Waals surface area contributed by atoms with Crippen LogP contribution in [0, 0.1) is 0 Å². The van der Waals surface area contributed by atoms with Crippen LogP contribution in [-0.2, 0) is 12.3 Å². The van der Waals surface area contributed by atoms with E-state index in [1.54, 1.807) is 12.1 Å². The van der Waals surface area contributed by atoms with Gasteiger partial charge in [0.15, 0.2) is 0 Å². The molecule has 86 valence electrons. The SMILES string of the molecule is CC(F)(F)c1cccc(CCCN)c1.Cl. The molecule has 0 saturated carbocycles. The van der Waals surface area contributed by atoms with Crippen molar-refractivity contribution < 1.29 is 8.78 Å². The van der Waals surface area contributed by atoms with Gasteiger partial charge in [0.2, 0.25) is 0 Å². The Kier molecular flexibility index (Phi) is 5.76. The Morgan fingerprint density at radius 2 is 2.00 bits per heavy atom. The molecular weight excluding hydrogens is 220 g/mol. The molecular formula is C11H16ClF2N. The van der Waals surface area contributed by atoms with Gasteiger partial charge in [-0.05, 0) is 31.0 Å². The maximum Gasteiger partial charge on any atom is 0.270 e. The van der Waals surface area contributed by atoms with Crippen molar-refractivity contribution in [1.29, 1.82) is 0 Å². The highest BCUT2D eigenvalue weighted by atomic mass is 35.5. The molecule has 0 spiro atoms. The van der Waals surface area contributed by atoms with Crippen LogP contribution in [0.5, 0.6) is 0 Å². The van der Waals surface area contributed by atoms with Crippen molar-refractivity contribution >= 4 is 12.4 Å². The van der Waals surface area contributed by atoms with Gasteiger partial charge in [-0.15, -0.1) is 12.4 Å². The van der Waals surface area contributed by atoms with Crippen molar-refractivity contribution in [2.45, 2.75) is 25.7 Å². The van der Waals surface area contributed by atoms with Gasteiger partial charge in [0.25, 0.3) is 5.92 Å². The zero-order valence-electron chi connectivity index (χ0n) is 8.67. The van der Waals surface area contributed by atoms with Gasteiger partial charge >= 0.3 is 0 Å². The molecule has 1 rings (SSSR count). The fraction of sp³-hybridized carbons (Fsp3) is 0.455. The topological polar surface area (TPSA) is 26.0 Å². The highest BCUT2D eigenvalue weighted by Gasteiger charge is 2.23. The van der Waals surface area contributed by atoms with Gasteiger partial charge in [0.1, 0.15) is 0 Å². The summed E-state index contributed by atoms with van der Waals surface area (Å²) in [5, 5.41) is 0. The van der Waals surface area contributed by atoms with E-state index in [1.807, 2.05) is 6.07 Å². The molecule has 0 radical (unpaired) electrons. The molecule has 0 amide bonds. The van der Waals surface area contributed by atoms with Crippen LogP contribution >= 0.6 is 12.4 Å². The molecule has 0 aromatic heterocycles. The van der Waals surface area contributed by atoms with Crippen LogP contribution in [0.1, 0.15) is 24.5 Å². The van der Waals surface area contributed by atoms with Crippen LogP contribution in [-0.4, -0.2) is 6.54 Å². The molecule has 0 aliphatic rings. The van der Waals surface area contributed by atoms with Crippen LogP contribution < -0.4 is 5.73 Å². The number of nitrogens with two attached hydrogens (primary N) is 1. The Balaban J connectivity index is 0.00000196. The first kappa shape index (κ1) is 14.3. The maximum absolute atomic E-state index is 12.9. The molecule has 15 heavy (non-hydrogen) atoms. The molecule has 0 aliphatic heterocycles. The van der Waals surface area contributed by atoms with E-state index in [-0.39, 0.29) is 18.0 Å². The lowest BCUT2D eigenvalue weighted by molar-refractivity contribution is 0.0174. The van der Waals surface area contributed by atoms with Crippen LogP contribution in [0.4, 0.5) is 8.78 Å². The quantitative estimate of drug-likeness (QED) is 0.853. The smallest absolute Gasteiger partial charge is 0.270 e. The molecule has 1 aromatic rings. The number of benzene rings is 1. The summed E-state index contributed by atoms with van der Waals surface area (Å²) in [6, 6.07) is 6.52. The summed E-state index contributed by atoms with van der Waals surface area (Å²) in [5.74, 6) is -2.75. The van der Waals surface area contributed by atoms with Gasteiger partial charge < -0.3 is 5.73 Å². The second-order valence-corrected chi connectivity index (χ2v) is 3.48. The van der Waals surface area contributed by atoms with E-state index in [1.165, 1.54) is 6.07 Å². The first-order valence-corrected chi connectivity index (χ1v) is 4.71. The normalized spacial score (nSPS) is 10.9. The Morgan fingerprint density at radius 1 is 1.33 bits per heavy atom. The number of aryl methyl sites for hydroxylation is 1. The Bertz CT molecular complexity index is 297. The fourth-order valence-electron chi connectivity index (χ4n) is 1.31. The van der Waals surface area contributed by atoms with Crippen LogP contribution in [0.3, 0.4) is 0 Å². The highest BCUT2D eigenvalue weighted by molar-refractivity contribution is 5.85. The van der Waals surface area contributed by atoms with Crippen molar-refractivity contribution in [3.8, 4) is 0 Å². The van der Waals surface area contributed by atoms with Gasteiger partial charge in [0, 0.05) is 12.5 Å². The number of halogens is 3. The van der Waals surface area contributed by atoms with Gasteiger partial charge in [-0.1, -0.05) is 18.2 Å². The minimum atomic E-state index is -2.75.